The van der Waals surface area contributed by atoms with Crippen LogP contribution in [0.25, 0.3) is 0 Å². The zero-order chi connectivity index (χ0) is 7.98. The van der Waals surface area contributed by atoms with E-state index in [0.717, 1.165) is 13.0 Å². The summed E-state index contributed by atoms with van der Waals surface area (Å²) in [7, 11) is 1.62. The fourth-order valence-electron chi connectivity index (χ4n) is 0.563. The van der Waals surface area contributed by atoms with Crippen molar-refractivity contribution in [3.63, 3.8) is 0 Å². The van der Waals surface area contributed by atoms with Crippen molar-refractivity contribution in [3.05, 3.63) is 0 Å². The summed E-state index contributed by atoms with van der Waals surface area (Å²) in [6.45, 7) is 5.02. The number of rotatable bonds is 3. The van der Waals surface area contributed by atoms with Gasteiger partial charge >= 0.3 is 6.03 Å². The van der Waals surface area contributed by atoms with Gasteiger partial charge in [-0.3, -0.25) is 0 Å². The SMILES string of the molecule is CNC(=O)NCCC(C)C. The van der Waals surface area contributed by atoms with Crippen molar-refractivity contribution in [2.24, 2.45) is 5.92 Å². The Morgan fingerprint density at radius 1 is 1.50 bits per heavy atom. The highest BCUT2D eigenvalue weighted by atomic mass is 16.2. The standard InChI is InChI=1S/C7H16N2O/c1-6(2)4-5-9-7(10)8-3/h6H,4-5H2,1-3H3,(H2,8,9,10). The van der Waals surface area contributed by atoms with Crippen LogP contribution in [-0.4, -0.2) is 19.6 Å². The first-order valence-electron chi connectivity index (χ1n) is 3.62. The van der Waals surface area contributed by atoms with Gasteiger partial charge in [0.1, 0.15) is 0 Å². The second-order valence-electron chi connectivity index (χ2n) is 2.69. The van der Waals surface area contributed by atoms with Gasteiger partial charge in [0.25, 0.3) is 0 Å². The number of urea groups is 1. The highest BCUT2D eigenvalue weighted by molar-refractivity contribution is 5.73. The summed E-state index contributed by atoms with van der Waals surface area (Å²) in [4.78, 5) is 10.6. The Kier molecular flexibility index (Phi) is 4.72. The molecule has 0 spiro atoms. The van der Waals surface area contributed by atoms with Crippen LogP contribution in [0.5, 0.6) is 0 Å². The maximum Gasteiger partial charge on any atom is 0.314 e. The van der Waals surface area contributed by atoms with Crippen molar-refractivity contribution in [2.75, 3.05) is 13.6 Å². The predicted octanol–water partition coefficient (Wildman–Crippen LogP) is 0.961. The molecule has 0 aliphatic rings. The number of nitrogens with one attached hydrogen (secondary N) is 2. The van der Waals surface area contributed by atoms with Crippen LogP contribution in [0.4, 0.5) is 4.79 Å². The fraction of sp³-hybridized carbons (Fsp3) is 0.857. The highest BCUT2D eigenvalue weighted by Gasteiger charge is 1.95. The van der Waals surface area contributed by atoms with Gasteiger partial charge in [-0.05, 0) is 12.3 Å². The molecule has 3 heteroatoms. The van der Waals surface area contributed by atoms with Crippen LogP contribution in [-0.2, 0) is 0 Å². The van der Waals surface area contributed by atoms with Crippen LogP contribution in [0.15, 0.2) is 0 Å². The van der Waals surface area contributed by atoms with E-state index in [1.54, 1.807) is 7.05 Å². The monoisotopic (exact) mass is 144 g/mol. The van der Waals surface area contributed by atoms with Crippen molar-refractivity contribution in [2.45, 2.75) is 20.3 Å². The molecule has 0 aromatic carbocycles. The second kappa shape index (κ2) is 5.09. The van der Waals surface area contributed by atoms with Gasteiger partial charge in [-0.25, -0.2) is 4.79 Å². The van der Waals surface area contributed by atoms with Gasteiger partial charge in [-0.2, -0.15) is 0 Å². The number of hydrogen-bond acceptors (Lipinski definition) is 1. The maximum atomic E-state index is 10.6. The van der Waals surface area contributed by atoms with Gasteiger partial charge in [-0.15, -0.1) is 0 Å². The molecular formula is C7H16N2O. The molecule has 0 aromatic heterocycles. The molecule has 0 radical (unpaired) electrons. The summed E-state index contributed by atoms with van der Waals surface area (Å²) in [5.74, 6) is 0.650. The first-order chi connectivity index (χ1) is 4.66. The summed E-state index contributed by atoms with van der Waals surface area (Å²) in [5, 5.41) is 5.20. The molecule has 0 aliphatic heterocycles. The van der Waals surface area contributed by atoms with E-state index in [1.807, 2.05) is 0 Å². The van der Waals surface area contributed by atoms with E-state index < -0.39 is 0 Å². The molecule has 2 amide bonds. The topological polar surface area (TPSA) is 41.1 Å². The van der Waals surface area contributed by atoms with E-state index in [9.17, 15) is 4.79 Å². The summed E-state index contributed by atoms with van der Waals surface area (Å²) in [6, 6.07) is -0.0966. The molecular weight excluding hydrogens is 128 g/mol. The Morgan fingerprint density at radius 3 is 2.50 bits per heavy atom. The Morgan fingerprint density at radius 2 is 2.10 bits per heavy atom. The third-order valence-corrected chi connectivity index (χ3v) is 1.23. The van der Waals surface area contributed by atoms with Gasteiger partial charge in [0.2, 0.25) is 0 Å². The van der Waals surface area contributed by atoms with Gasteiger partial charge in [0.15, 0.2) is 0 Å². The van der Waals surface area contributed by atoms with E-state index in [1.165, 1.54) is 0 Å². The summed E-state index contributed by atoms with van der Waals surface area (Å²) in [6.07, 6.45) is 1.04. The molecule has 0 atom stereocenters. The Hall–Kier alpha value is -0.730. The second-order valence-corrected chi connectivity index (χ2v) is 2.69. The number of carbonyl (C=O) groups is 1. The minimum absolute atomic E-state index is 0.0966. The van der Waals surface area contributed by atoms with E-state index in [2.05, 4.69) is 24.5 Å². The average Bonchev–Trinajstić information content (AvgIpc) is 1.87. The first-order valence-corrected chi connectivity index (χ1v) is 3.62. The third kappa shape index (κ3) is 5.41. The van der Waals surface area contributed by atoms with Crippen LogP contribution in [0.1, 0.15) is 20.3 Å². The lowest BCUT2D eigenvalue weighted by molar-refractivity contribution is 0.242. The largest absolute Gasteiger partial charge is 0.341 e. The number of hydrogen-bond donors (Lipinski definition) is 2. The third-order valence-electron chi connectivity index (χ3n) is 1.23. The van der Waals surface area contributed by atoms with E-state index >= 15 is 0 Å². The molecule has 10 heavy (non-hydrogen) atoms. The summed E-state index contributed by atoms with van der Waals surface area (Å²) < 4.78 is 0. The average molecular weight is 144 g/mol. The smallest absolute Gasteiger partial charge is 0.314 e. The molecule has 0 fully saturated rings. The molecule has 0 aromatic rings. The lowest BCUT2D eigenvalue weighted by Crippen LogP contribution is -2.33. The molecule has 0 aliphatic carbocycles. The molecule has 2 N–H and O–H groups in total. The van der Waals surface area contributed by atoms with Crippen LogP contribution in [0.3, 0.4) is 0 Å². The van der Waals surface area contributed by atoms with E-state index in [-0.39, 0.29) is 6.03 Å². The number of amides is 2. The molecule has 0 heterocycles. The van der Waals surface area contributed by atoms with Gasteiger partial charge in [0.05, 0.1) is 0 Å². The molecule has 0 saturated heterocycles. The predicted molar refractivity (Wildman–Crippen MR) is 41.9 cm³/mol. The fourth-order valence-corrected chi connectivity index (χ4v) is 0.563. The molecule has 60 valence electrons. The van der Waals surface area contributed by atoms with Crippen molar-refractivity contribution < 1.29 is 4.79 Å². The van der Waals surface area contributed by atoms with Crippen molar-refractivity contribution >= 4 is 6.03 Å². The zero-order valence-electron chi connectivity index (χ0n) is 6.90. The van der Waals surface area contributed by atoms with Crippen molar-refractivity contribution in [1.29, 1.82) is 0 Å². The lowest BCUT2D eigenvalue weighted by atomic mass is 10.1. The van der Waals surface area contributed by atoms with Gasteiger partial charge in [-0.1, -0.05) is 13.8 Å². The molecule has 0 unspecified atom stereocenters. The van der Waals surface area contributed by atoms with Gasteiger partial charge < -0.3 is 10.6 Å². The van der Waals surface area contributed by atoms with Gasteiger partial charge in [0, 0.05) is 13.6 Å². The summed E-state index contributed by atoms with van der Waals surface area (Å²) >= 11 is 0. The van der Waals surface area contributed by atoms with Crippen LogP contribution < -0.4 is 10.6 Å². The zero-order valence-corrected chi connectivity index (χ0v) is 6.90. The number of carbonyl (C=O) groups excluding carboxylic acids is 1. The minimum Gasteiger partial charge on any atom is -0.341 e. The summed E-state index contributed by atoms with van der Waals surface area (Å²) in [5.41, 5.74) is 0. The molecule has 0 saturated carbocycles. The maximum absolute atomic E-state index is 10.6. The first kappa shape index (κ1) is 9.27. The minimum atomic E-state index is -0.0966. The molecule has 0 rings (SSSR count). The lowest BCUT2D eigenvalue weighted by Gasteiger charge is -2.05. The Bertz CT molecular complexity index is 102. The Balaban J connectivity index is 3.12. The van der Waals surface area contributed by atoms with Crippen LogP contribution in [0.2, 0.25) is 0 Å². The Labute approximate surface area is 62.2 Å². The van der Waals surface area contributed by atoms with Crippen molar-refractivity contribution in [1.82, 2.24) is 10.6 Å². The molecule has 3 nitrogen and oxygen atoms in total. The van der Waals surface area contributed by atoms with Crippen molar-refractivity contribution in [3.8, 4) is 0 Å². The van der Waals surface area contributed by atoms with Crippen LogP contribution >= 0.6 is 0 Å². The highest BCUT2D eigenvalue weighted by Crippen LogP contribution is 1.95. The van der Waals surface area contributed by atoms with E-state index in [0.29, 0.717) is 5.92 Å². The quantitative estimate of drug-likeness (QED) is 0.608. The molecule has 0 bridgehead atoms. The van der Waals surface area contributed by atoms with Crippen LogP contribution in [0, 0.1) is 5.92 Å². The van der Waals surface area contributed by atoms with E-state index in [4.69, 9.17) is 0 Å². The normalized spacial score (nSPS) is 9.60.